The lowest BCUT2D eigenvalue weighted by molar-refractivity contribution is 0.305. The van der Waals surface area contributed by atoms with Crippen molar-refractivity contribution < 1.29 is 9.13 Å². The molecule has 0 bridgehead atoms. The number of ether oxygens (including phenoxy) is 1. The Bertz CT molecular complexity index is 528. The van der Waals surface area contributed by atoms with Gasteiger partial charge in [0.2, 0.25) is 0 Å². The van der Waals surface area contributed by atoms with E-state index in [1.165, 1.54) is 12.1 Å². The fraction of sp³-hybridized carbons (Fsp3) is 0.143. The molecule has 0 saturated heterocycles. The van der Waals surface area contributed by atoms with Crippen molar-refractivity contribution in [3.63, 3.8) is 0 Å². The minimum Gasteiger partial charge on any atom is -0.489 e. The van der Waals surface area contributed by atoms with E-state index in [-0.39, 0.29) is 5.82 Å². The second-order valence-corrected chi connectivity index (χ2v) is 4.73. The van der Waals surface area contributed by atoms with Gasteiger partial charge < -0.3 is 10.5 Å². The summed E-state index contributed by atoms with van der Waals surface area (Å²) in [5.74, 6) is 0.377. The summed E-state index contributed by atoms with van der Waals surface area (Å²) in [6, 6.07) is 11.9. The third-order valence-electron chi connectivity index (χ3n) is 2.56. The molecule has 2 rings (SSSR count). The summed E-state index contributed by atoms with van der Waals surface area (Å²) < 4.78 is 19.3. The summed E-state index contributed by atoms with van der Waals surface area (Å²) in [5.41, 5.74) is 7.65. The molecule has 0 aromatic heterocycles. The fourth-order valence-corrected chi connectivity index (χ4v) is 2.07. The van der Waals surface area contributed by atoms with Gasteiger partial charge >= 0.3 is 0 Å². The lowest BCUT2D eigenvalue weighted by Gasteiger charge is -2.09. The largest absolute Gasteiger partial charge is 0.489 e. The van der Waals surface area contributed by atoms with E-state index in [4.69, 9.17) is 10.5 Å². The lowest BCUT2D eigenvalue weighted by atomic mass is 10.1. The molecule has 0 spiro atoms. The molecule has 0 radical (unpaired) electrons. The van der Waals surface area contributed by atoms with Gasteiger partial charge in [-0.05, 0) is 35.9 Å². The summed E-state index contributed by atoms with van der Waals surface area (Å²) in [7, 11) is 0. The maximum atomic E-state index is 12.7. The molecule has 94 valence electrons. The van der Waals surface area contributed by atoms with Gasteiger partial charge in [0.1, 0.15) is 18.2 Å². The first-order valence-corrected chi connectivity index (χ1v) is 6.34. The van der Waals surface area contributed by atoms with E-state index in [2.05, 4.69) is 15.9 Å². The van der Waals surface area contributed by atoms with Crippen LogP contribution < -0.4 is 10.5 Å². The fourth-order valence-electron chi connectivity index (χ4n) is 1.53. The highest BCUT2D eigenvalue weighted by atomic mass is 79.9. The number of hydrogen-bond acceptors (Lipinski definition) is 2. The van der Waals surface area contributed by atoms with Gasteiger partial charge in [-0.25, -0.2) is 4.39 Å². The van der Waals surface area contributed by atoms with Crippen molar-refractivity contribution in [2.45, 2.75) is 13.2 Å². The van der Waals surface area contributed by atoms with E-state index in [9.17, 15) is 4.39 Å². The zero-order chi connectivity index (χ0) is 13.0. The molecule has 2 aromatic rings. The van der Waals surface area contributed by atoms with Crippen LogP contribution in [0.2, 0.25) is 0 Å². The Morgan fingerprint density at radius 3 is 2.44 bits per heavy atom. The normalized spacial score (nSPS) is 10.4. The molecule has 0 heterocycles. The second kappa shape index (κ2) is 5.98. The van der Waals surface area contributed by atoms with Gasteiger partial charge in [0, 0.05) is 16.6 Å². The summed E-state index contributed by atoms with van der Waals surface area (Å²) in [5, 5.41) is 0. The number of nitrogens with two attached hydrogens (primary N) is 1. The smallest absolute Gasteiger partial charge is 0.123 e. The number of halogens is 2. The molecule has 0 fully saturated rings. The van der Waals surface area contributed by atoms with E-state index in [1.807, 2.05) is 18.2 Å². The second-order valence-electron chi connectivity index (χ2n) is 3.87. The molecule has 18 heavy (non-hydrogen) atoms. The van der Waals surface area contributed by atoms with Crippen molar-refractivity contribution >= 4 is 15.9 Å². The average molecular weight is 310 g/mol. The molecule has 2 nitrogen and oxygen atoms in total. The third kappa shape index (κ3) is 3.31. The average Bonchev–Trinajstić information content (AvgIpc) is 2.39. The molecule has 2 N–H and O–H groups in total. The van der Waals surface area contributed by atoms with E-state index in [0.29, 0.717) is 18.9 Å². The monoisotopic (exact) mass is 309 g/mol. The Balaban J connectivity index is 2.04. The summed E-state index contributed by atoms with van der Waals surface area (Å²) in [4.78, 5) is 0. The number of benzene rings is 2. The molecule has 0 aliphatic rings. The van der Waals surface area contributed by atoms with Crippen molar-refractivity contribution in [2.75, 3.05) is 0 Å². The predicted octanol–water partition coefficient (Wildman–Crippen LogP) is 3.63. The van der Waals surface area contributed by atoms with Gasteiger partial charge in [0.25, 0.3) is 0 Å². The van der Waals surface area contributed by atoms with Crippen LogP contribution in [-0.2, 0) is 13.2 Å². The highest BCUT2D eigenvalue weighted by Gasteiger charge is 2.02. The number of rotatable bonds is 4. The minimum atomic E-state index is -0.268. The molecular weight excluding hydrogens is 297 g/mol. The Morgan fingerprint density at radius 2 is 1.83 bits per heavy atom. The Kier molecular flexibility index (Phi) is 4.33. The summed E-state index contributed by atoms with van der Waals surface area (Å²) in [6.45, 7) is 0.939. The molecule has 0 unspecified atom stereocenters. The van der Waals surface area contributed by atoms with E-state index >= 15 is 0 Å². The van der Waals surface area contributed by atoms with E-state index in [1.54, 1.807) is 12.1 Å². The van der Waals surface area contributed by atoms with Crippen molar-refractivity contribution in [1.29, 1.82) is 0 Å². The Labute approximate surface area is 114 Å². The first-order valence-electron chi connectivity index (χ1n) is 5.55. The maximum Gasteiger partial charge on any atom is 0.123 e. The van der Waals surface area contributed by atoms with Crippen molar-refractivity contribution in [3.8, 4) is 5.75 Å². The predicted molar refractivity (Wildman–Crippen MR) is 72.8 cm³/mol. The van der Waals surface area contributed by atoms with E-state index < -0.39 is 0 Å². The van der Waals surface area contributed by atoms with Crippen LogP contribution in [0.25, 0.3) is 0 Å². The molecule has 0 amide bonds. The molecule has 0 aliphatic carbocycles. The third-order valence-corrected chi connectivity index (χ3v) is 3.30. The molecule has 0 aliphatic heterocycles. The standard InChI is InChI=1S/C14H13BrFNO/c15-14-7-10(8-17)1-2-11(14)9-18-13-5-3-12(16)4-6-13/h1-7H,8-9,17H2. The van der Waals surface area contributed by atoms with Gasteiger partial charge in [0.15, 0.2) is 0 Å². The van der Waals surface area contributed by atoms with Crippen LogP contribution in [0.4, 0.5) is 4.39 Å². The van der Waals surface area contributed by atoms with Crippen molar-refractivity contribution in [2.24, 2.45) is 5.73 Å². The zero-order valence-electron chi connectivity index (χ0n) is 9.70. The zero-order valence-corrected chi connectivity index (χ0v) is 11.3. The molecule has 0 atom stereocenters. The minimum absolute atomic E-state index is 0.268. The van der Waals surface area contributed by atoms with Crippen LogP contribution in [0.3, 0.4) is 0 Å². The Hall–Kier alpha value is -1.39. The molecule has 2 aromatic carbocycles. The van der Waals surface area contributed by atoms with Crippen LogP contribution in [0.15, 0.2) is 46.9 Å². The molecule has 0 saturated carbocycles. The van der Waals surface area contributed by atoms with Crippen LogP contribution in [0, 0.1) is 5.82 Å². The lowest BCUT2D eigenvalue weighted by Crippen LogP contribution is -2.00. The summed E-state index contributed by atoms with van der Waals surface area (Å²) in [6.07, 6.45) is 0. The van der Waals surface area contributed by atoms with Crippen molar-refractivity contribution in [1.82, 2.24) is 0 Å². The highest BCUT2D eigenvalue weighted by molar-refractivity contribution is 9.10. The van der Waals surface area contributed by atoms with Gasteiger partial charge in [-0.1, -0.05) is 28.1 Å². The number of hydrogen-bond donors (Lipinski definition) is 1. The first-order chi connectivity index (χ1) is 8.69. The van der Waals surface area contributed by atoms with Crippen LogP contribution in [0.5, 0.6) is 5.75 Å². The Morgan fingerprint density at radius 1 is 1.11 bits per heavy atom. The molecule has 4 heteroatoms. The maximum absolute atomic E-state index is 12.7. The SMILES string of the molecule is NCc1ccc(COc2ccc(F)cc2)c(Br)c1. The highest BCUT2D eigenvalue weighted by Crippen LogP contribution is 2.21. The van der Waals surface area contributed by atoms with Crippen LogP contribution >= 0.6 is 15.9 Å². The van der Waals surface area contributed by atoms with Gasteiger partial charge in [-0.3, -0.25) is 0 Å². The summed E-state index contributed by atoms with van der Waals surface area (Å²) >= 11 is 3.48. The van der Waals surface area contributed by atoms with Crippen molar-refractivity contribution in [3.05, 3.63) is 63.9 Å². The molecular formula is C14H13BrFNO. The van der Waals surface area contributed by atoms with Crippen LogP contribution in [0.1, 0.15) is 11.1 Å². The van der Waals surface area contributed by atoms with Gasteiger partial charge in [-0.2, -0.15) is 0 Å². The van der Waals surface area contributed by atoms with E-state index in [0.717, 1.165) is 15.6 Å². The topological polar surface area (TPSA) is 35.2 Å². The van der Waals surface area contributed by atoms with Gasteiger partial charge in [0.05, 0.1) is 0 Å². The van der Waals surface area contributed by atoms with Gasteiger partial charge in [-0.15, -0.1) is 0 Å². The first kappa shape index (κ1) is 13.1. The van der Waals surface area contributed by atoms with Crippen LogP contribution in [-0.4, -0.2) is 0 Å². The quantitative estimate of drug-likeness (QED) is 0.936.